The smallest absolute Gasteiger partial charge is 0.425 e. The molecule has 13 heteroatoms. The molecule has 2 aromatic rings. The van der Waals surface area contributed by atoms with Gasteiger partial charge in [-0.3, -0.25) is 0 Å². The first-order valence-electron chi connectivity index (χ1n) is 11.6. The predicted molar refractivity (Wildman–Crippen MR) is 138 cm³/mol. The Kier molecular flexibility index (Phi) is 9.90. The van der Waals surface area contributed by atoms with E-state index in [9.17, 15) is 18.8 Å². The minimum absolute atomic E-state index is 0.0469. The maximum atomic E-state index is 14.2. The number of benzene rings is 1. The molecule has 0 fully saturated rings. The Hall–Kier alpha value is -3.18. The molecule has 0 N–H and O–H groups in total. The molecule has 2 rings (SSSR count). The second kappa shape index (κ2) is 12.1. The lowest BCUT2D eigenvalue weighted by Crippen LogP contribution is -2.44. The zero-order chi connectivity index (χ0) is 29.0. The van der Waals surface area contributed by atoms with Crippen molar-refractivity contribution in [1.29, 1.82) is 0 Å². The number of aromatic nitrogens is 2. The molecule has 0 spiro atoms. The third-order valence-corrected chi connectivity index (χ3v) is 5.09. The minimum atomic E-state index is -1.15. The molecule has 1 atom stereocenters. The maximum absolute atomic E-state index is 14.2. The molecule has 0 saturated carbocycles. The van der Waals surface area contributed by atoms with Crippen molar-refractivity contribution in [2.75, 3.05) is 11.5 Å². The maximum Gasteiger partial charge on any atom is 0.425 e. The fourth-order valence-electron chi connectivity index (χ4n) is 2.94. The number of carbonyl (C=O) groups is 3. The van der Waals surface area contributed by atoms with E-state index in [0.717, 1.165) is 12.1 Å². The number of hydrogen-bond donors (Lipinski definition) is 0. The highest BCUT2D eigenvalue weighted by atomic mass is 35.5. The van der Waals surface area contributed by atoms with Gasteiger partial charge >= 0.3 is 18.2 Å². The lowest BCUT2D eigenvalue weighted by molar-refractivity contribution is 0.0425. The molecule has 208 valence electrons. The predicted octanol–water partition coefficient (Wildman–Crippen LogP) is 6.92. The summed E-state index contributed by atoms with van der Waals surface area (Å²) < 4.78 is 35.9. The van der Waals surface area contributed by atoms with Crippen LogP contribution in [-0.4, -0.2) is 46.2 Å². The first kappa shape index (κ1) is 31.0. The van der Waals surface area contributed by atoms with E-state index in [1.165, 1.54) is 13.0 Å². The minimum Gasteiger partial charge on any atom is -0.482 e. The number of carbonyl (C=O) groups excluding carboxylic acids is 3. The number of halogens is 3. The molecule has 1 heterocycles. The Morgan fingerprint density at radius 3 is 2.05 bits per heavy atom. The monoisotopic (exact) mass is 573 g/mol. The van der Waals surface area contributed by atoms with Crippen LogP contribution in [-0.2, 0) is 14.2 Å². The number of esters is 1. The van der Waals surface area contributed by atoms with Crippen LogP contribution in [0.1, 0.15) is 77.5 Å². The van der Waals surface area contributed by atoms with Crippen LogP contribution in [0.4, 0.5) is 19.8 Å². The quantitative estimate of drug-likeness (QED) is 0.206. The van der Waals surface area contributed by atoms with Gasteiger partial charge in [-0.1, -0.05) is 23.2 Å². The van der Waals surface area contributed by atoms with Crippen LogP contribution >= 0.6 is 23.2 Å². The van der Waals surface area contributed by atoms with Gasteiger partial charge in [0, 0.05) is 16.7 Å². The molecule has 0 aliphatic heterocycles. The van der Waals surface area contributed by atoms with Crippen molar-refractivity contribution in [3.05, 3.63) is 45.3 Å². The average Bonchev–Trinajstić information content (AvgIpc) is 2.75. The number of ether oxygens (including phenoxy) is 4. The Balaban J connectivity index is 2.71. The van der Waals surface area contributed by atoms with Crippen molar-refractivity contribution >= 4 is 47.2 Å². The molecule has 1 aromatic heterocycles. The fraction of sp³-hybridized carbons (Fsp3) is 0.480. The molecular formula is C25H30Cl2FN3O7. The van der Waals surface area contributed by atoms with E-state index in [1.807, 2.05) is 0 Å². The lowest BCUT2D eigenvalue weighted by atomic mass is 10.1. The van der Waals surface area contributed by atoms with Gasteiger partial charge in [-0.25, -0.2) is 18.8 Å². The van der Waals surface area contributed by atoms with Gasteiger partial charge in [-0.05, 0) is 67.5 Å². The van der Waals surface area contributed by atoms with E-state index < -0.39 is 47.1 Å². The number of hydrogen-bond acceptors (Lipinski definition) is 9. The summed E-state index contributed by atoms with van der Waals surface area (Å²) in [5.41, 5.74) is -2.23. The van der Waals surface area contributed by atoms with Gasteiger partial charge in [-0.2, -0.15) is 4.90 Å². The molecule has 10 nitrogen and oxygen atoms in total. The van der Waals surface area contributed by atoms with Crippen LogP contribution in [0.2, 0.25) is 10.0 Å². The number of amides is 2. The summed E-state index contributed by atoms with van der Waals surface area (Å²) in [7, 11) is 0. The highest BCUT2D eigenvalue weighted by Gasteiger charge is 2.37. The SMILES string of the molecule is CCOC(=O)c1cc(O[C@H](C)c2c(Cl)ccc(F)c2Cl)c(N(C(=O)OC(C)(C)C)C(=O)OC(C)(C)C)nn1. The van der Waals surface area contributed by atoms with Crippen molar-refractivity contribution in [1.82, 2.24) is 10.2 Å². The average molecular weight is 574 g/mol. The molecule has 1 aromatic carbocycles. The van der Waals surface area contributed by atoms with Crippen molar-refractivity contribution in [3.8, 4) is 5.75 Å². The van der Waals surface area contributed by atoms with E-state index in [2.05, 4.69) is 10.2 Å². The van der Waals surface area contributed by atoms with Crippen LogP contribution in [0.3, 0.4) is 0 Å². The number of anilines is 1. The molecule has 38 heavy (non-hydrogen) atoms. The van der Waals surface area contributed by atoms with Gasteiger partial charge in [0.1, 0.15) is 23.1 Å². The molecule has 0 bridgehead atoms. The van der Waals surface area contributed by atoms with Crippen LogP contribution in [0.15, 0.2) is 18.2 Å². The fourth-order valence-corrected chi connectivity index (χ4v) is 3.62. The topological polar surface area (TPSA) is 117 Å². The molecule has 0 saturated heterocycles. The van der Waals surface area contributed by atoms with E-state index >= 15 is 0 Å². The summed E-state index contributed by atoms with van der Waals surface area (Å²) >= 11 is 12.4. The van der Waals surface area contributed by atoms with Crippen molar-refractivity contribution in [2.24, 2.45) is 0 Å². The van der Waals surface area contributed by atoms with Crippen LogP contribution < -0.4 is 9.64 Å². The van der Waals surface area contributed by atoms with Gasteiger partial charge in [0.15, 0.2) is 11.4 Å². The Morgan fingerprint density at radius 2 is 1.55 bits per heavy atom. The molecule has 2 amide bonds. The molecule has 0 unspecified atom stereocenters. The van der Waals surface area contributed by atoms with E-state index in [0.29, 0.717) is 4.90 Å². The Labute approximate surface area is 230 Å². The van der Waals surface area contributed by atoms with Crippen molar-refractivity contribution in [3.63, 3.8) is 0 Å². The van der Waals surface area contributed by atoms with Gasteiger partial charge in [-0.15, -0.1) is 10.2 Å². The van der Waals surface area contributed by atoms with E-state index in [-0.39, 0.29) is 33.7 Å². The standard InChI is InChI=1S/C25H30Cl2FN3O7/c1-9-35-21(32)16-12-17(36-13(2)18-14(26)10-11-15(28)19(18)27)20(30-29-16)31(22(33)37-24(3,4)5)23(34)38-25(6,7)8/h10-13H,9H2,1-8H3/t13-/m1/s1. The summed E-state index contributed by atoms with van der Waals surface area (Å²) in [4.78, 5) is 39.2. The van der Waals surface area contributed by atoms with Crippen LogP contribution in [0.25, 0.3) is 0 Å². The summed E-state index contributed by atoms with van der Waals surface area (Å²) in [6.07, 6.45) is -3.35. The first-order valence-corrected chi connectivity index (χ1v) is 12.3. The van der Waals surface area contributed by atoms with Crippen LogP contribution in [0.5, 0.6) is 5.75 Å². The van der Waals surface area contributed by atoms with Crippen molar-refractivity contribution < 1.29 is 37.7 Å². The van der Waals surface area contributed by atoms with Gasteiger partial charge in [0.05, 0.1) is 11.6 Å². The summed E-state index contributed by atoms with van der Waals surface area (Å²) in [5, 5.41) is 7.49. The zero-order valence-corrected chi connectivity index (χ0v) is 23.9. The van der Waals surface area contributed by atoms with Gasteiger partial charge < -0.3 is 18.9 Å². The Bertz CT molecular complexity index is 1180. The number of rotatable bonds is 6. The van der Waals surface area contributed by atoms with E-state index in [4.69, 9.17) is 42.1 Å². The first-order chi connectivity index (χ1) is 17.4. The van der Waals surface area contributed by atoms with Crippen molar-refractivity contribution in [2.45, 2.75) is 72.7 Å². The zero-order valence-electron chi connectivity index (χ0n) is 22.3. The second-order valence-corrected chi connectivity index (χ2v) is 10.7. The van der Waals surface area contributed by atoms with Gasteiger partial charge in [0.2, 0.25) is 5.82 Å². The highest BCUT2D eigenvalue weighted by molar-refractivity contribution is 6.36. The molecule has 0 radical (unpaired) electrons. The summed E-state index contributed by atoms with van der Waals surface area (Å²) in [6, 6.07) is 3.49. The lowest BCUT2D eigenvalue weighted by Gasteiger charge is -2.29. The third-order valence-electron chi connectivity index (χ3n) is 4.38. The van der Waals surface area contributed by atoms with Gasteiger partial charge in [0.25, 0.3) is 0 Å². The molecule has 0 aliphatic carbocycles. The number of imide groups is 1. The third kappa shape index (κ3) is 8.16. The number of nitrogens with zero attached hydrogens (tertiary/aromatic N) is 3. The second-order valence-electron chi connectivity index (χ2n) is 9.95. The summed E-state index contributed by atoms with van der Waals surface area (Å²) in [6.45, 7) is 12.7. The normalized spacial score (nSPS) is 12.4. The van der Waals surface area contributed by atoms with Crippen LogP contribution in [0, 0.1) is 5.82 Å². The largest absolute Gasteiger partial charge is 0.482 e. The summed E-state index contributed by atoms with van der Waals surface area (Å²) in [5.74, 6) is -2.33. The van der Waals surface area contributed by atoms with E-state index in [1.54, 1.807) is 48.5 Å². The highest BCUT2D eigenvalue weighted by Crippen LogP contribution is 2.38. The Morgan fingerprint density at radius 1 is 1.00 bits per heavy atom. The molecule has 0 aliphatic rings. The molecular weight excluding hydrogens is 544 g/mol.